The maximum absolute atomic E-state index is 12.9. The van der Waals surface area contributed by atoms with Crippen molar-refractivity contribution in [2.24, 2.45) is 0 Å². The number of piperazine rings is 1. The van der Waals surface area contributed by atoms with Crippen LogP contribution in [0.25, 0.3) is 11.0 Å². The number of likely N-dealkylation sites (N-methyl/N-ethyl adjacent to an activating group) is 1. The number of nitrogens with one attached hydrogen (secondary N) is 2. The summed E-state index contributed by atoms with van der Waals surface area (Å²) in [6.45, 7) is 6.60. The molecule has 1 aliphatic carbocycles. The third kappa shape index (κ3) is 4.51. The van der Waals surface area contributed by atoms with Gasteiger partial charge in [-0.1, -0.05) is 0 Å². The predicted octanol–water partition coefficient (Wildman–Crippen LogP) is 3.24. The van der Waals surface area contributed by atoms with E-state index in [1.54, 1.807) is 22.9 Å². The summed E-state index contributed by atoms with van der Waals surface area (Å²) >= 11 is 0. The zero-order chi connectivity index (χ0) is 23.9. The summed E-state index contributed by atoms with van der Waals surface area (Å²) < 4.78 is 1.71. The number of aryl methyl sites for hydroxylation is 1. The first-order chi connectivity index (χ1) is 17.0. The van der Waals surface area contributed by atoms with Crippen molar-refractivity contribution in [1.29, 1.82) is 0 Å². The molecule has 0 spiro atoms. The van der Waals surface area contributed by atoms with Gasteiger partial charge >= 0.3 is 0 Å². The number of nitrogens with zero attached hydrogens (tertiary/aromatic N) is 6. The molecular weight excluding hydrogens is 440 g/mol. The Hall–Kier alpha value is -3.72. The minimum absolute atomic E-state index is 0.0901. The third-order valence-corrected chi connectivity index (χ3v) is 6.92. The van der Waals surface area contributed by atoms with Gasteiger partial charge in [0.15, 0.2) is 0 Å². The van der Waals surface area contributed by atoms with Crippen LogP contribution in [-0.2, 0) is 6.54 Å². The van der Waals surface area contributed by atoms with E-state index < -0.39 is 0 Å². The quantitative estimate of drug-likeness (QED) is 0.447. The molecule has 1 saturated heterocycles. The van der Waals surface area contributed by atoms with Crippen molar-refractivity contribution in [2.75, 3.05) is 43.4 Å². The SMILES string of the molecule is Cc1nc(C2CC2)c(Cn2c(=O)ccc3cnc(Nc4ccc(N5CCN(C)CC5)cc4)nc32)[nH]1. The lowest BCUT2D eigenvalue weighted by molar-refractivity contribution is 0.313. The fourth-order valence-electron chi connectivity index (χ4n) is 4.77. The topological polar surface area (TPSA) is 95.0 Å². The van der Waals surface area contributed by atoms with Crippen molar-refractivity contribution in [2.45, 2.75) is 32.2 Å². The lowest BCUT2D eigenvalue weighted by atomic mass is 10.2. The Balaban J connectivity index is 1.26. The van der Waals surface area contributed by atoms with Gasteiger partial charge in [-0.25, -0.2) is 9.97 Å². The Morgan fingerprint density at radius 3 is 2.54 bits per heavy atom. The Bertz CT molecular complexity index is 1410. The molecule has 2 aliphatic rings. The molecule has 9 nitrogen and oxygen atoms in total. The Morgan fingerprint density at radius 1 is 1.03 bits per heavy atom. The number of aromatic amines is 1. The van der Waals surface area contributed by atoms with E-state index in [-0.39, 0.29) is 5.56 Å². The summed E-state index contributed by atoms with van der Waals surface area (Å²) in [5.41, 5.74) is 4.72. The lowest BCUT2D eigenvalue weighted by Crippen LogP contribution is -2.44. The molecule has 4 heterocycles. The van der Waals surface area contributed by atoms with Crippen LogP contribution in [0.1, 0.15) is 36.0 Å². The van der Waals surface area contributed by atoms with E-state index in [0.717, 1.165) is 67.3 Å². The van der Waals surface area contributed by atoms with Crippen LogP contribution in [-0.4, -0.2) is 62.6 Å². The van der Waals surface area contributed by atoms with E-state index in [1.165, 1.54) is 5.69 Å². The Kier molecular flexibility index (Phi) is 5.49. The number of hydrogen-bond acceptors (Lipinski definition) is 7. The van der Waals surface area contributed by atoms with Crippen molar-refractivity contribution in [3.63, 3.8) is 0 Å². The summed E-state index contributed by atoms with van der Waals surface area (Å²) in [6.07, 6.45) is 4.08. The second kappa shape index (κ2) is 8.81. The molecule has 2 N–H and O–H groups in total. The predicted molar refractivity (Wildman–Crippen MR) is 138 cm³/mol. The highest BCUT2D eigenvalue weighted by Gasteiger charge is 2.29. The maximum Gasteiger partial charge on any atom is 0.252 e. The molecule has 4 aromatic rings. The number of H-pyrrole nitrogens is 1. The molecule has 6 rings (SSSR count). The van der Waals surface area contributed by atoms with Gasteiger partial charge in [0, 0.05) is 61.1 Å². The summed E-state index contributed by atoms with van der Waals surface area (Å²) in [7, 11) is 2.16. The first-order valence-electron chi connectivity index (χ1n) is 12.3. The molecular formula is C26H30N8O. The van der Waals surface area contributed by atoms with Gasteiger partial charge in [0.2, 0.25) is 5.95 Å². The largest absolute Gasteiger partial charge is 0.369 e. The van der Waals surface area contributed by atoms with Crippen LogP contribution in [0.15, 0.2) is 47.4 Å². The number of aromatic nitrogens is 5. The van der Waals surface area contributed by atoms with E-state index in [1.807, 2.05) is 6.92 Å². The van der Waals surface area contributed by atoms with Gasteiger partial charge < -0.3 is 20.1 Å². The van der Waals surface area contributed by atoms with Crippen LogP contribution in [0.5, 0.6) is 0 Å². The van der Waals surface area contributed by atoms with Crippen LogP contribution < -0.4 is 15.8 Å². The van der Waals surface area contributed by atoms with Crippen molar-refractivity contribution in [3.05, 3.63) is 70.2 Å². The number of imidazole rings is 1. The van der Waals surface area contributed by atoms with Crippen LogP contribution in [0, 0.1) is 6.92 Å². The van der Waals surface area contributed by atoms with Gasteiger partial charge in [0.1, 0.15) is 11.5 Å². The van der Waals surface area contributed by atoms with Gasteiger partial charge in [-0.3, -0.25) is 9.36 Å². The molecule has 0 amide bonds. The molecule has 1 saturated carbocycles. The molecule has 2 fully saturated rings. The van der Waals surface area contributed by atoms with Gasteiger partial charge in [0.25, 0.3) is 5.56 Å². The minimum atomic E-state index is -0.0901. The molecule has 0 atom stereocenters. The second-order valence-corrected chi connectivity index (χ2v) is 9.65. The summed E-state index contributed by atoms with van der Waals surface area (Å²) in [5, 5.41) is 4.13. The van der Waals surface area contributed by atoms with Gasteiger partial charge in [-0.15, -0.1) is 0 Å². The molecule has 35 heavy (non-hydrogen) atoms. The number of pyridine rings is 1. The van der Waals surface area contributed by atoms with E-state index in [9.17, 15) is 4.79 Å². The standard InChI is InChI=1S/C26H30N8O/c1-17-28-22(24(29-17)18-3-4-18)16-34-23(35)10-5-19-15-27-26(31-25(19)34)30-20-6-8-21(9-7-20)33-13-11-32(2)12-14-33/h5-10,15,18H,3-4,11-14,16H2,1-2H3,(H,28,29)(H,27,30,31). The van der Waals surface area contributed by atoms with E-state index >= 15 is 0 Å². The zero-order valence-electron chi connectivity index (χ0n) is 20.2. The zero-order valence-corrected chi connectivity index (χ0v) is 20.2. The molecule has 0 radical (unpaired) electrons. The molecule has 3 aromatic heterocycles. The van der Waals surface area contributed by atoms with Crippen molar-refractivity contribution in [3.8, 4) is 0 Å². The van der Waals surface area contributed by atoms with Crippen molar-refractivity contribution in [1.82, 2.24) is 29.4 Å². The average molecular weight is 471 g/mol. The first kappa shape index (κ1) is 21.8. The van der Waals surface area contributed by atoms with Gasteiger partial charge in [0.05, 0.1) is 17.9 Å². The number of anilines is 3. The highest BCUT2D eigenvalue weighted by molar-refractivity contribution is 5.76. The van der Waals surface area contributed by atoms with Gasteiger partial charge in [-0.2, -0.15) is 4.98 Å². The van der Waals surface area contributed by atoms with Crippen LogP contribution in [0.2, 0.25) is 0 Å². The molecule has 1 aromatic carbocycles. The summed E-state index contributed by atoms with van der Waals surface area (Å²) in [5.74, 6) is 1.85. The Labute approximate surface area is 203 Å². The fourth-order valence-corrected chi connectivity index (χ4v) is 4.77. The fraction of sp³-hybridized carbons (Fsp3) is 0.385. The summed E-state index contributed by atoms with van der Waals surface area (Å²) in [4.78, 5) is 34.9. The third-order valence-electron chi connectivity index (χ3n) is 6.92. The molecule has 180 valence electrons. The maximum atomic E-state index is 12.9. The Morgan fingerprint density at radius 2 is 1.80 bits per heavy atom. The van der Waals surface area contributed by atoms with Crippen LogP contribution in [0.4, 0.5) is 17.3 Å². The first-order valence-corrected chi connectivity index (χ1v) is 12.3. The number of hydrogen-bond donors (Lipinski definition) is 2. The number of fused-ring (bicyclic) bond motifs is 1. The second-order valence-electron chi connectivity index (χ2n) is 9.65. The van der Waals surface area contributed by atoms with Crippen molar-refractivity contribution < 1.29 is 0 Å². The van der Waals surface area contributed by atoms with Gasteiger partial charge in [-0.05, 0) is 57.1 Å². The van der Waals surface area contributed by atoms with Crippen LogP contribution in [0.3, 0.4) is 0 Å². The smallest absolute Gasteiger partial charge is 0.252 e. The van der Waals surface area contributed by atoms with Crippen molar-refractivity contribution >= 4 is 28.4 Å². The molecule has 1 aliphatic heterocycles. The lowest BCUT2D eigenvalue weighted by Gasteiger charge is -2.34. The van der Waals surface area contributed by atoms with E-state index in [2.05, 4.69) is 61.4 Å². The summed E-state index contributed by atoms with van der Waals surface area (Å²) in [6, 6.07) is 11.7. The van der Waals surface area contributed by atoms with E-state index in [0.29, 0.717) is 24.1 Å². The highest BCUT2D eigenvalue weighted by atomic mass is 16.1. The highest BCUT2D eigenvalue weighted by Crippen LogP contribution is 2.40. The van der Waals surface area contributed by atoms with Crippen LogP contribution >= 0.6 is 0 Å². The molecule has 9 heteroatoms. The average Bonchev–Trinajstić information content (AvgIpc) is 3.64. The normalized spacial score (nSPS) is 16.7. The molecule has 0 bridgehead atoms. The number of rotatable bonds is 6. The number of benzene rings is 1. The molecule has 0 unspecified atom stereocenters. The minimum Gasteiger partial charge on any atom is -0.369 e. The monoisotopic (exact) mass is 470 g/mol. The van der Waals surface area contributed by atoms with E-state index in [4.69, 9.17) is 4.98 Å².